The Morgan fingerprint density at radius 1 is 0.973 bits per heavy atom. The zero-order valence-corrected chi connectivity index (χ0v) is 20.9. The second-order valence-electron chi connectivity index (χ2n) is 10.1. The first kappa shape index (κ1) is 25.3. The van der Waals surface area contributed by atoms with Crippen LogP contribution in [-0.2, 0) is 6.18 Å². The number of anilines is 2. The normalized spacial score (nSPS) is 21.1. The summed E-state index contributed by atoms with van der Waals surface area (Å²) < 4.78 is 40.3. The maximum Gasteiger partial charge on any atom is 0.433 e. The van der Waals surface area contributed by atoms with Crippen molar-refractivity contribution in [2.24, 2.45) is 0 Å². The molecule has 2 aliphatic rings. The van der Waals surface area contributed by atoms with Gasteiger partial charge in [-0.2, -0.15) is 13.2 Å². The minimum atomic E-state index is -4.52. The third kappa shape index (κ3) is 5.98. The number of nitrogens with one attached hydrogen (secondary N) is 2. The maximum atomic E-state index is 13.4. The van der Waals surface area contributed by atoms with Crippen molar-refractivity contribution >= 4 is 28.2 Å². The molecule has 0 spiro atoms. The number of halogens is 3. The Balaban J connectivity index is 1.23. The highest BCUT2D eigenvalue weighted by Crippen LogP contribution is 2.34. The van der Waals surface area contributed by atoms with Crippen molar-refractivity contribution in [2.45, 2.75) is 43.9 Å². The average molecular weight is 512 g/mol. The molecule has 9 heteroatoms. The number of benzene rings is 2. The van der Waals surface area contributed by atoms with Gasteiger partial charge in [-0.1, -0.05) is 18.2 Å². The van der Waals surface area contributed by atoms with Crippen LogP contribution in [0, 0.1) is 0 Å². The minimum Gasteiger partial charge on any atom is -0.382 e. The number of hydrogen-bond donors (Lipinski definition) is 2. The predicted molar refractivity (Wildman–Crippen MR) is 140 cm³/mol. The average Bonchev–Trinajstić information content (AvgIpc) is 2.89. The Morgan fingerprint density at radius 3 is 2.41 bits per heavy atom. The van der Waals surface area contributed by atoms with E-state index < -0.39 is 11.9 Å². The first-order valence-electron chi connectivity index (χ1n) is 12.8. The standard InChI is InChI=1S/C28H32F3N5O/c1-35-13-15-36(16-14-35)22-11-9-19(10-12-22)27(37)33-21-6-4-5-20(17-21)32-25-18-26(28(29,30)31)34-24-8-3-2-7-23(24)25/h2-3,7-12,18,20-21H,4-6,13-17H2,1H3,(H,32,34)(H,33,37)/t20-,21+/m0/s1. The van der Waals surface area contributed by atoms with Crippen LogP contribution in [-0.4, -0.2) is 61.1 Å². The van der Waals surface area contributed by atoms with Gasteiger partial charge in [-0.05, 0) is 69.1 Å². The largest absolute Gasteiger partial charge is 0.433 e. The van der Waals surface area contributed by atoms with E-state index in [0.717, 1.165) is 57.2 Å². The summed E-state index contributed by atoms with van der Waals surface area (Å²) in [6, 6.07) is 15.6. The second-order valence-corrected chi connectivity index (χ2v) is 10.1. The predicted octanol–water partition coefficient (Wildman–Crippen LogP) is 5.16. The van der Waals surface area contributed by atoms with Crippen LogP contribution in [0.3, 0.4) is 0 Å². The Hall–Kier alpha value is -3.33. The molecule has 1 amide bonds. The minimum absolute atomic E-state index is 0.0498. The fraction of sp³-hybridized carbons (Fsp3) is 0.429. The maximum absolute atomic E-state index is 13.4. The van der Waals surface area contributed by atoms with E-state index in [1.807, 2.05) is 24.3 Å². The Morgan fingerprint density at radius 2 is 1.68 bits per heavy atom. The SMILES string of the molecule is CN1CCN(c2ccc(C(=O)N[C@@H]3CCC[C@H](Nc4cc(C(F)(F)F)nc5ccccc45)C3)cc2)CC1. The van der Waals surface area contributed by atoms with E-state index in [4.69, 9.17) is 0 Å². The number of carbonyl (C=O) groups is 1. The lowest BCUT2D eigenvalue weighted by Crippen LogP contribution is -2.44. The van der Waals surface area contributed by atoms with E-state index >= 15 is 0 Å². The second kappa shape index (κ2) is 10.6. The van der Waals surface area contributed by atoms with Crippen molar-refractivity contribution in [3.05, 3.63) is 65.9 Å². The van der Waals surface area contributed by atoms with Crippen molar-refractivity contribution in [2.75, 3.05) is 43.4 Å². The summed E-state index contributed by atoms with van der Waals surface area (Å²) >= 11 is 0. The molecular weight excluding hydrogens is 479 g/mol. The van der Waals surface area contributed by atoms with Gasteiger partial charge in [0.1, 0.15) is 5.69 Å². The number of alkyl halides is 3. The molecule has 5 rings (SSSR count). The molecule has 2 atom stereocenters. The van der Waals surface area contributed by atoms with Crippen LogP contribution in [0.2, 0.25) is 0 Å². The van der Waals surface area contributed by atoms with Gasteiger partial charge in [0.2, 0.25) is 0 Å². The van der Waals surface area contributed by atoms with Crippen LogP contribution >= 0.6 is 0 Å². The lowest BCUT2D eigenvalue weighted by Gasteiger charge is -2.34. The van der Waals surface area contributed by atoms with Crippen LogP contribution in [0.5, 0.6) is 0 Å². The van der Waals surface area contributed by atoms with Gasteiger partial charge >= 0.3 is 6.18 Å². The molecule has 1 aromatic heterocycles. The highest BCUT2D eigenvalue weighted by molar-refractivity contribution is 5.95. The molecule has 0 radical (unpaired) electrons. The number of para-hydroxylation sites is 1. The van der Waals surface area contributed by atoms with Gasteiger partial charge in [0.15, 0.2) is 0 Å². The van der Waals surface area contributed by atoms with Gasteiger partial charge in [-0.25, -0.2) is 4.98 Å². The van der Waals surface area contributed by atoms with Gasteiger partial charge in [0.05, 0.1) is 5.52 Å². The van der Waals surface area contributed by atoms with Gasteiger partial charge in [-0.15, -0.1) is 0 Å². The topological polar surface area (TPSA) is 60.5 Å². The molecule has 2 N–H and O–H groups in total. The molecular formula is C28H32F3N5O. The first-order valence-corrected chi connectivity index (χ1v) is 12.8. The van der Waals surface area contributed by atoms with Crippen LogP contribution in [0.1, 0.15) is 41.7 Å². The van der Waals surface area contributed by atoms with Crippen molar-refractivity contribution in [3.63, 3.8) is 0 Å². The van der Waals surface area contributed by atoms with E-state index in [2.05, 4.69) is 32.5 Å². The molecule has 2 fully saturated rings. The number of rotatable bonds is 5. The summed E-state index contributed by atoms with van der Waals surface area (Å²) in [7, 11) is 2.12. The smallest absolute Gasteiger partial charge is 0.382 e. The van der Waals surface area contributed by atoms with Crippen LogP contribution in [0.15, 0.2) is 54.6 Å². The third-order valence-corrected chi connectivity index (χ3v) is 7.37. The van der Waals surface area contributed by atoms with Crippen LogP contribution in [0.25, 0.3) is 10.9 Å². The molecule has 3 aromatic rings. The van der Waals surface area contributed by atoms with E-state index in [1.54, 1.807) is 24.3 Å². The van der Waals surface area contributed by atoms with E-state index in [-0.39, 0.29) is 18.0 Å². The van der Waals surface area contributed by atoms with Crippen LogP contribution in [0.4, 0.5) is 24.5 Å². The molecule has 1 aliphatic carbocycles. The van der Waals surface area contributed by atoms with Gasteiger partial charge in [-0.3, -0.25) is 4.79 Å². The van der Waals surface area contributed by atoms with Gasteiger partial charge < -0.3 is 20.4 Å². The summed E-state index contributed by atoms with van der Waals surface area (Å²) in [5.41, 5.74) is 1.56. The molecule has 6 nitrogen and oxygen atoms in total. The fourth-order valence-corrected chi connectivity index (χ4v) is 5.27. The molecule has 37 heavy (non-hydrogen) atoms. The molecule has 1 saturated heterocycles. The number of pyridine rings is 1. The zero-order valence-electron chi connectivity index (χ0n) is 20.9. The number of amides is 1. The molecule has 196 valence electrons. The summed E-state index contributed by atoms with van der Waals surface area (Å²) in [6.07, 6.45) is -1.34. The van der Waals surface area contributed by atoms with Crippen molar-refractivity contribution in [3.8, 4) is 0 Å². The van der Waals surface area contributed by atoms with E-state index in [1.165, 1.54) is 0 Å². The van der Waals surface area contributed by atoms with Crippen LogP contribution < -0.4 is 15.5 Å². The summed E-state index contributed by atoms with van der Waals surface area (Å²) in [6.45, 7) is 3.98. The van der Waals surface area contributed by atoms with Crippen molar-refractivity contribution in [1.82, 2.24) is 15.2 Å². The molecule has 2 heterocycles. The first-order chi connectivity index (χ1) is 17.8. The quantitative estimate of drug-likeness (QED) is 0.496. The Bertz CT molecular complexity index is 1240. The molecule has 1 aliphatic heterocycles. The number of hydrogen-bond acceptors (Lipinski definition) is 5. The van der Waals surface area contributed by atoms with Crippen molar-refractivity contribution in [1.29, 1.82) is 0 Å². The number of nitrogens with zero attached hydrogens (tertiary/aromatic N) is 3. The highest BCUT2D eigenvalue weighted by Gasteiger charge is 2.34. The van der Waals surface area contributed by atoms with Crippen molar-refractivity contribution < 1.29 is 18.0 Å². The fourth-order valence-electron chi connectivity index (χ4n) is 5.27. The van der Waals surface area contributed by atoms with E-state index in [9.17, 15) is 18.0 Å². The summed E-state index contributed by atoms with van der Waals surface area (Å²) in [4.78, 5) is 21.4. The number of carbonyl (C=O) groups excluding carboxylic acids is 1. The summed E-state index contributed by atoms with van der Waals surface area (Å²) in [5, 5.41) is 7.12. The Kier molecular flexibility index (Phi) is 7.24. The lowest BCUT2D eigenvalue weighted by atomic mass is 9.90. The lowest BCUT2D eigenvalue weighted by molar-refractivity contribution is -0.140. The summed E-state index contributed by atoms with van der Waals surface area (Å²) in [5.74, 6) is -0.121. The molecule has 0 bridgehead atoms. The number of piperazine rings is 1. The number of fused-ring (bicyclic) bond motifs is 1. The zero-order chi connectivity index (χ0) is 26.0. The third-order valence-electron chi connectivity index (χ3n) is 7.37. The number of aromatic nitrogens is 1. The monoisotopic (exact) mass is 511 g/mol. The molecule has 2 aromatic carbocycles. The molecule has 1 saturated carbocycles. The Labute approximate surface area is 214 Å². The highest BCUT2D eigenvalue weighted by atomic mass is 19.4. The number of likely N-dealkylation sites (N-methyl/N-ethyl adjacent to an activating group) is 1. The van der Waals surface area contributed by atoms with Gasteiger partial charge in [0, 0.05) is 60.6 Å². The van der Waals surface area contributed by atoms with Gasteiger partial charge in [0.25, 0.3) is 5.91 Å². The van der Waals surface area contributed by atoms with E-state index in [0.29, 0.717) is 28.6 Å². The molecule has 0 unspecified atom stereocenters.